The Balaban J connectivity index is 1.98. The summed E-state index contributed by atoms with van der Waals surface area (Å²) < 4.78 is 27.3. The van der Waals surface area contributed by atoms with Crippen LogP contribution in [-0.4, -0.2) is 29.0 Å². The minimum Gasteiger partial charge on any atom is -0.363 e. The summed E-state index contributed by atoms with van der Waals surface area (Å²) in [4.78, 5) is 13.6. The minimum atomic E-state index is -0.572. The number of nitrogens with zero attached hydrogens (tertiary/aromatic N) is 3. The average molecular weight is 288 g/mol. The van der Waals surface area contributed by atoms with Crippen LogP contribution in [0, 0.1) is 11.6 Å². The first-order valence-electron chi connectivity index (χ1n) is 6.50. The van der Waals surface area contributed by atoms with Crippen molar-refractivity contribution >= 4 is 17.0 Å². The third-order valence-corrected chi connectivity index (χ3v) is 3.24. The van der Waals surface area contributed by atoms with E-state index in [1.165, 1.54) is 18.2 Å². The van der Waals surface area contributed by atoms with Crippen LogP contribution in [-0.2, 0) is 6.42 Å². The smallest absolute Gasteiger partial charge is 0.179 e. The Morgan fingerprint density at radius 2 is 1.76 bits per heavy atom. The number of hydrogen-bond donors (Lipinski definition) is 1. The fourth-order valence-electron chi connectivity index (χ4n) is 2.13. The van der Waals surface area contributed by atoms with E-state index in [1.54, 1.807) is 0 Å². The largest absolute Gasteiger partial charge is 0.363 e. The van der Waals surface area contributed by atoms with Gasteiger partial charge in [-0.1, -0.05) is 6.07 Å². The molecule has 1 N–H and O–H groups in total. The van der Waals surface area contributed by atoms with E-state index in [1.807, 2.05) is 31.1 Å². The summed E-state index contributed by atoms with van der Waals surface area (Å²) in [6.07, 6.45) is 0.0617. The summed E-state index contributed by atoms with van der Waals surface area (Å²) in [5, 5.41) is 0. The van der Waals surface area contributed by atoms with Crippen LogP contribution in [0.25, 0.3) is 11.2 Å². The Morgan fingerprint density at radius 1 is 1.05 bits per heavy atom. The zero-order valence-electron chi connectivity index (χ0n) is 11.7. The summed E-state index contributed by atoms with van der Waals surface area (Å²) in [5.41, 5.74) is 1.28. The fourth-order valence-corrected chi connectivity index (χ4v) is 2.13. The van der Waals surface area contributed by atoms with E-state index in [2.05, 4.69) is 15.0 Å². The second-order valence-electron chi connectivity index (χ2n) is 5.00. The summed E-state index contributed by atoms with van der Waals surface area (Å²) in [7, 11) is 3.77. The predicted octanol–water partition coefficient (Wildman–Crippen LogP) is 2.89. The molecule has 0 atom stereocenters. The summed E-state index contributed by atoms with van der Waals surface area (Å²) in [6.45, 7) is 0. The molecule has 0 fully saturated rings. The first kappa shape index (κ1) is 13.5. The van der Waals surface area contributed by atoms with Gasteiger partial charge in [-0.2, -0.15) is 0 Å². The molecule has 3 aromatic rings. The number of rotatable bonds is 3. The van der Waals surface area contributed by atoms with Crippen LogP contribution in [0.4, 0.5) is 14.6 Å². The van der Waals surface area contributed by atoms with Crippen molar-refractivity contribution in [1.82, 2.24) is 15.0 Å². The van der Waals surface area contributed by atoms with Gasteiger partial charge in [0.1, 0.15) is 23.3 Å². The number of pyridine rings is 1. The van der Waals surface area contributed by atoms with E-state index in [4.69, 9.17) is 0 Å². The van der Waals surface area contributed by atoms with Gasteiger partial charge in [-0.15, -0.1) is 0 Å². The highest BCUT2D eigenvalue weighted by atomic mass is 19.1. The molecule has 6 heteroatoms. The molecule has 0 saturated heterocycles. The molecule has 2 aromatic heterocycles. The molecule has 4 nitrogen and oxygen atoms in total. The highest BCUT2D eigenvalue weighted by molar-refractivity contribution is 5.73. The van der Waals surface area contributed by atoms with Gasteiger partial charge in [0.15, 0.2) is 5.65 Å². The van der Waals surface area contributed by atoms with Crippen molar-refractivity contribution in [2.75, 3.05) is 19.0 Å². The van der Waals surface area contributed by atoms with E-state index in [-0.39, 0.29) is 12.0 Å². The molecule has 0 unspecified atom stereocenters. The highest BCUT2D eigenvalue weighted by Crippen LogP contribution is 2.19. The van der Waals surface area contributed by atoms with E-state index < -0.39 is 11.6 Å². The Hall–Kier alpha value is -2.50. The van der Waals surface area contributed by atoms with Gasteiger partial charge in [0.25, 0.3) is 0 Å². The number of anilines is 1. The second-order valence-corrected chi connectivity index (χ2v) is 5.00. The maximum absolute atomic E-state index is 13.7. The van der Waals surface area contributed by atoms with Gasteiger partial charge in [0.2, 0.25) is 0 Å². The minimum absolute atomic E-state index is 0.00406. The van der Waals surface area contributed by atoms with Crippen molar-refractivity contribution in [3.63, 3.8) is 0 Å². The molecule has 108 valence electrons. The third-order valence-electron chi connectivity index (χ3n) is 3.24. The molecule has 0 aliphatic carbocycles. The van der Waals surface area contributed by atoms with Crippen LogP contribution in [0.15, 0.2) is 30.3 Å². The Bertz CT molecular complexity index is 775. The number of hydrogen-bond acceptors (Lipinski definition) is 3. The molecule has 0 spiro atoms. The van der Waals surface area contributed by atoms with Gasteiger partial charge >= 0.3 is 0 Å². The van der Waals surface area contributed by atoms with E-state index in [9.17, 15) is 8.78 Å². The fraction of sp³-hybridized carbons (Fsp3) is 0.200. The lowest BCUT2D eigenvalue weighted by atomic mass is 10.1. The van der Waals surface area contributed by atoms with Gasteiger partial charge in [-0.3, -0.25) is 0 Å². The highest BCUT2D eigenvalue weighted by Gasteiger charge is 2.12. The average Bonchev–Trinajstić information content (AvgIpc) is 2.84. The topological polar surface area (TPSA) is 44.8 Å². The number of H-pyrrole nitrogens is 1. The third kappa shape index (κ3) is 2.56. The van der Waals surface area contributed by atoms with Gasteiger partial charge in [-0.05, 0) is 24.3 Å². The first-order valence-corrected chi connectivity index (χ1v) is 6.50. The van der Waals surface area contributed by atoms with Crippen LogP contribution in [0.1, 0.15) is 11.4 Å². The number of nitrogens with one attached hydrogen (secondary N) is 1. The predicted molar refractivity (Wildman–Crippen MR) is 77.4 cm³/mol. The van der Waals surface area contributed by atoms with Crippen molar-refractivity contribution in [2.24, 2.45) is 0 Å². The molecule has 2 heterocycles. The quantitative estimate of drug-likeness (QED) is 0.806. The number of fused-ring (bicyclic) bond motifs is 1. The van der Waals surface area contributed by atoms with Crippen molar-refractivity contribution in [1.29, 1.82) is 0 Å². The Kier molecular flexibility index (Phi) is 3.29. The van der Waals surface area contributed by atoms with E-state index >= 15 is 0 Å². The van der Waals surface area contributed by atoms with Crippen molar-refractivity contribution in [3.8, 4) is 0 Å². The van der Waals surface area contributed by atoms with Crippen LogP contribution < -0.4 is 4.90 Å². The van der Waals surface area contributed by atoms with Gasteiger partial charge in [0, 0.05) is 26.1 Å². The Morgan fingerprint density at radius 3 is 2.43 bits per heavy atom. The number of benzene rings is 1. The van der Waals surface area contributed by atoms with Gasteiger partial charge in [0.05, 0.1) is 5.52 Å². The van der Waals surface area contributed by atoms with E-state index in [0.29, 0.717) is 11.5 Å². The monoisotopic (exact) mass is 288 g/mol. The first-order chi connectivity index (χ1) is 10.0. The number of halogens is 2. The number of aromatic amines is 1. The molecule has 0 aliphatic heterocycles. The maximum atomic E-state index is 13.7. The van der Waals surface area contributed by atoms with Crippen LogP contribution in [0.5, 0.6) is 0 Å². The molecule has 0 bridgehead atoms. The molecular weight excluding hydrogens is 274 g/mol. The summed E-state index contributed by atoms with van der Waals surface area (Å²) in [6, 6.07) is 7.53. The van der Waals surface area contributed by atoms with Crippen molar-refractivity contribution in [3.05, 3.63) is 53.4 Å². The van der Waals surface area contributed by atoms with Crippen LogP contribution in [0.3, 0.4) is 0 Å². The summed E-state index contributed by atoms with van der Waals surface area (Å²) >= 11 is 0. The molecule has 0 amide bonds. The summed E-state index contributed by atoms with van der Waals surface area (Å²) in [5.74, 6) is 0.116. The lowest BCUT2D eigenvalue weighted by Crippen LogP contribution is -2.10. The zero-order valence-corrected chi connectivity index (χ0v) is 11.7. The van der Waals surface area contributed by atoms with Gasteiger partial charge < -0.3 is 9.88 Å². The van der Waals surface area contributed by atoms with Crippen LogP contribution >= 0.6 is 0 Å². The van der Waals surface area contributed by atoms with Crippen molar-refractivity contribution < 1.29 is 8.78 Å². The molecule has 3 rings (SSSR count). The molecule has 0 aliphatic rings. The lowest BCUT2D eigenvalue weighted by Gasteiger charge is -2.09. The number of imidazole rings is 1. The number of aromatic nitrogens is 3. The normalized spacial score (nSPS) is 11.0. The molecule has 21 heavy (non-hydrogen) atoms. The van der Waals surface area contributed by atoms with E-state index in [0.717, 1.165) is 11.3 Å². The van der Waals surface area contributed by atoms with Crippen LogP contribution in [0.2, 0.25) is 0 Å². The SMILES string of the molecule is CN(C)c1ccc2[nH]c(Cc3c(F)cccc3F)nc2n1. The standard InChI is InChI=1S/C15H14F2N4/c1-21(2)14-7-6-12-15(20-14)19-13(18-12)8-9-10(16)4-3-5-11(9)17/h3-7H,8H2,1-2H3,(H,18,19,20). The molecule has 1 aromatic carbocycles. The second kappa shape index (κ2) is 5.12. The molecule has 0 saturated carbocycles. The Labute approximate surface area is 120 Å². The lowest BCUT2D eigenvalue weighted by molar-refractivity contribution is 0.559. The maximum Gasteiger partial charge on any atom is 0.179 e. The van der Waals surface area contributed by atoms with Crippen molar-refractivity contribution in [2.45, 2.75) is 6.42 Å². The molecular formula is C15H14F2N4. The molecule has 0 radical (unpaired) electrons. The zero-order chi connectivity index (χ0) is 15.0. The van der Waals surface area contributed by atoms with Gasteiger partial charge in [-0.25, -0.2) is 18.7 Å².